The van der Waals surface area contributed by atoms with Gasteiger partial charge in [-0.3, -0.25) is 0 Å². The molecule has 0 heterocycles. The first kappa shape index (κ1) is 23.3. The molecule has 0 atom stereocenters. The maximum atomic E-state index is 8.55. The zero-order valence-corrected chi connectivity index (χ0v) is 17.6. The van der Waals surface area contributed by atoms with Gasteiger partial charge in [0.25, 0.3) is 0 Å². The average molecular weight is 500 g/mol. The SMILES string of the molecule is CCCCCCCCCCCCC[CH2][Pb+3].O=P([O-])([O-])[O-]. The molecule has 118 valence electrons. The zero-order chi connectivity index (χ0) is 15.7. The molecule has 0 aliphatic heterocycles. The number of unbranched alkanes of at least 4 members (excludes halogenated alkanes) is 11. The van der Waals surface area contributed by atoms with E-state index in [9.17, 15) is 0 Å². The van der Waals surface area contributed by atoms with Gasteiger partial charge in [0.1, 0.15) is 0 Å². The van der Waals surface area contributed by atoms with Crippen molar-refractivity contribution in [2.45, 2.75) is 88.0 Å². The van der Waals surface area contributed by atoms with Crippen molar-refractivity contribution in [1.29, 1.82) is 0 Å². The monoisotopic (exact) mass is 500 g/mol. The first-order valence-corrected chi connectivity index (χ1v) is 12.0. The molecule has 0 aliphatic rings. The molecule has 0 bridgehead atoms. The van der Waals surface area contributed by atoms with Gasteiger partial charge in [0, 0.05) is 0 Å². The summed E-state index contributed by atoms with van der Waals surface area (Å²) in [6.45, 7) is 2.29. The molecule has 0 fully saturated rings. The minimum absolute atomic E-state index is 1.38. The van der Waals surface area contributed by atoms with Crippen LogP contribution in [0.25, 0.3) is 0 Å². The second-order valence-corrected chi connectivity index (χ2v) is 7.92. The minimum atomic E-state index is -5.39. The second-order valence-electron chi connectivity index (χ2n) is 5.09. The van der Waals surface area contributed by atoms with E-state index in [0.717, 1.165) is 0 Å². The molecule has 0 rings (SSSR count). The Kier molecular flexibility index (Phi) is 21.1. The second kappa shape index (κ2) is 18.1. The van der Waals surface area contributed by atoms with E-state index < -0.39 is 7.82 Å². The van der Waals surface area contributed by atoms with E-state index in [1.165, 1.54) is 107 Å². The maximum Gasteiger partial charge on any atom is -0.159 e. The normalized spacial score (nSPS) is 11.1. The van der Waals surface area contributed by atoms with Gasteiger partial charge in [-0.15, -0.1) is 0 Å². The minimum Gasteiger partial charge on any atom is -0.822 e. The Morgan fingerprint density at radius 3 is 1.20 bits per heavy atom. The van der Waals surface area contributed by atoms with Gasteiger partial charge in [-0.2, -0.15) is 7.82 Å². The topological polar surface area (TPSA) is 86.2 Å². The number of phosphoric acid groups is 1. The van der Waals surface area contributed by atoms with Crippen LogP contribution in [0.1, 0.15) is 84.0 Å². The molecule has 0 aromatic carbocycles. The van der Waals surface area contributed by atoms with Gasteiger partial charge in [0.05, 0.1) is 0 Å². The van der Waals surface area contributed by atoms with E-state index in [1.54, 1.807) is 0 Å². The third-order valence-electron chi connectivity index (χ3n) is 3.03. The van der Waals surface area contributed by atoms with Crippen LogP contribution in [-0.4, -0.2) is 25.8 Å². The zero-order valence-electron chi connectivity index (χ0n) is 12.8. The fourth-order valence-electron chi connectivity index (χ4n) is 1.97. The van der Waals surface area contributed by atoms with Crippen molar-refractivity contribution in [3.63, 3.8) is 0 Å². The molecule has 0 N–H and O–H groups in total. The van der Waals surface area contributed by atoms with Crippen LogP contribution in [0.2, 0.25) is 3.98 Å². The fourth-order valence-corrected chi connectivity index (χ4v) is 2.94. The summed E-state index contributed by atoms with van der Waals surface area (Å²) in [5, 5.41) is 0. The Bertz CT molecular complexity index is 201. The van der Waals surface area contributed by atoms with Crippen molar-refractivity contribution in [2.24, 2.45) is 0 Å². The summed E-state index contributed by atoms with van der Waals surface area (Å²) in [6, 6.07) is 0. The summed E-state index contributed by atoms with van der Waals surface area (Å²) in [5.41, 5.74) is 0. The van der Waals surface area contributed by atoms with Crippen LogP contribution in [0.15, 0.2) is 0 Å². The smallest absolute Gasteiger partial charge is 0.159 e. The van der Waals surface area contributed by atoms with Gasteiger partial charge in [-0.25, -0.2) is 0 Å². The summed E-state index contributed by atoms with van der Waals surface area (Å²) in [6.07, 6.45) is 17.7. The van der Waals surface area contributed by atoms with Gasteiger partial charge >= 0.3 is 100 Å². The van der Waals surface area contributed by atoms with Crippen LogP contribution < -0.4 is 14.7 Å². The van der Waals surface area contributed by atoms with E-state index in [0.29, 0.717) is 0 Å². The fraction of sp³-hybridized carbons (Fsp3) is 1.00. The van der Waals surface area contributed by atoms with Gasteiger partial charge < -0.3 is 19.2 Å². The molecule has 0 unspecified atom stereocenters. The van der Waals surface area contributed by atoms with E-state index >= 15 is 0 Å². The van der Waals surface area contributed by atoms with E-state index in [-0.39, 0.29) is 0 Å². The molecule has 0 amide bonds. The van der Waals surface area contributed by atoms with Crippen molar-refractivity contribution in [3.05, 3.63) is 0 Å². The van der Waals surface area contributed by atoms with Crippen LogP contribution in [0.5, 0.6) is 0 Å². The summed E-state index contributed by atoms with van der Waals surface area (Å²) in [4.78, 5) is 25.6. The third-order valence-corrected chi connectivity index (χ3v) is 4.40. The van der Waals surface area contributed by atoms with Gasteiger partial charge in [-0.05, 0) is 0 Å². The van der Waals surface area contributed by atoms with Gasteiger partial charge in [-0.1, -0.05) is 13.3 Å². The number of hydrogen-bond donors (Lipinski definition) is 0. The first-order chi connectivity index (χ1) is 9.41. The number of hydrogen-bond acceptors (Lipinski definition) is 4. The molecule has 20 heavy (non-hydrogen) atoms. The summed E-state index contributed by atoms with van der Waals surface area (Å²) in [5.74, 6) is 0. The molecule has 0 radical (unpaired) electrons. The van der Waals surface area contributed by atoms with Crippen LogP contribution in [0.3, 0.4) is 0 Å². The summed E-state index contributed by atoms with van der Waals surface area (Å²) in [7, 11) is -5.39. The van der Waals surface area contributed by atoms with E-state index in [1.807, 2.05) is 0 Å². The van der Waals surface area contributed by atoms with Gasteiger partial charge in [0.2, 0.25) is 0 Å². The summed E-state index contributed by atoms with van der Waals surface area (Å²) < 4.78 is 10.1. The van der Waals surface area contributed by atoms with Crippen molar-refractivity contribution in [3.8, 4) is 0 Å². The Morgan fingerprint density at radius 1 is 0.700 bits per heavy atom. The van der Waals surface area contributed by atoms with Crippen LogP contribution in [-0.2, 0) is 4.57 Å². The maximum absolute atomic E-state index is 8.55. The largest absolute Gasteiger partial charge is 0.822 e. The predicted molar refractivity (Wildman–Crippen MR) is 79.2 cm³/mol. The summed E-state index contributed by atoms with van der Waals surface area (Å²) >= 11 is 1.41. The molecule has 0 aromatic rings. The van der Waals surface area contributed by atoms with Crippen molar-refractivity contribution >= 4 is 33.6 Å². The van der Waals surface area contributed by atoms with Crippen molar-refractivity contribution in [1.82, 2.24) is 0 Å². The molecule has 4 nitrogen and oxygen atoms in total. The Morgan fingerprint density at radius 2 is 0.950 bits per heavy atom. The third kappa shape index (κ3) is 36.4. The van der Waals surface area contributed by atoms with Crippen molar-refractivity contribution < 1.29 is 19.2 Å². The molecular formula is C14H29O4PPb. The quantitative estimate of drug-likeness (QED) is 0.235. The van der Waals surface area contributed by atoms with Crippen molar-refractivity contribution in [2.75, 3.05) is 0 Å². The Labute approximate surface area is 140 Å². The van der Waals surface area contributed by atoms with Crippen LogP contribution in [0.4, 0.5) is 0 Å². The van der Waals surface area contributed by atoms with E-state index in [4.69, 9.17) is 19.2 Å². The standard InChI is InChI=1S/C14H29.H3O4P.Pb/c1-3-5-7-9-11-13-14-12-10-8-6-4-2;1-5(2,3)4;/h1,3-14H2,2H3;(H3,1,2,3,4);/q;;+3/p-3. The molecule has 0 aromatic heterocycles. The van der Waals surface area contributed by atoms with E-state index in [2.05, 4.69) is 6.92 Å². The number of rotatable bonds is 12. The predicted octanol–water partition coefficient (Wildman–Crippen LogP) is 2.45. The molecule has 0 saturated carbocycles. The average Bonchev–Trinajstić information content (AvgIpc) is 2.34. The Balaban J connectivity index is 0. The molecular weight excluding hydrogens is 470 g/mol. The van der Waals surface area contributed by atoms with Gasteiger partial charge in [0.15, 0.2) is 0 Å². The van der Waals surface area contributed by atoms with Crippen LogP contribution >= 0.6 is 7.82 Å². The molecule has 0 aliphatic carbocycles. The first-order valence-electron chi connectivity index (χ1n) is 7.79. The van der Waals surface area contributed by atoms with Crippen LogP contribution in [0, 0.1) is 0 Å². The molecule has 6 heteroatoms. The molecule has 0 saturated heterocycles. The molecule has 0 spiro atoms. The Hall–Kier alpha value is 1.03.